The van der Waals surface area contributed by atoms with Crippen LogP contribution in [0, 0.1) is 11.8 Å². The van der Waals surface area contributed by atoms with Gasteiger partial charge in [-0.15, -0.1) is 0 Å². The zero-order valence-electron chi connectivity index (χ0n) is 11.7. The normalized spacial score (nSPS) is 28.4. The number of rotatable bonds is 4. The fraction of sp³-hybridized carbons (Fsp3) is 0.625. The molecule has 110 valence electrons. The van der Waals surface area contributed by atoms with Gasteiger partial charge in [0.2, 0.25) is 0 Å². The summed E-state index contributed by atoms with van der Waals surface area (Å²) in [5.74, 6) is 1.08. The van der Waals surface area contributed by atoms with Crippen molar-refractivity contribution in [2.24, 2.45) is 17.6 Å². The molecule has 0 radical (unpaired) electrons. The number of anilines is 1. The monoisotopic (exact) mass is 338 g/mol. The molecule has 1 heterocycles. The molecule has 0 spiro atoms. The molecule has 1 aromatic carbocycles. The van der Waals surface area contributed by atoms with E-state index < -0.39 is 0 Å². The minimum atomic E-state index is -0.114. The van der Waals surface area contributed by atoms with Gasteiger partial charge in [-0.25, -0.2) is 0 Å². The van der Waals surface area contributed by atoms with Gasteiger partial charge in [0.15, 0.2) is 0 Å². The van der Waals surface area contributed by atoms with Crippen molar-refractivity contribution >= 4 is 21.6 Å². The van der Waals surface area contributed by atoms with Crippen molar-refractivity contribution in [2.75, 3.05) is 18.0 Å². The van der Waals surface area contributed by atoms with Crippen LogP contribution in [0.5, 0.6) is 0 Å². The van der Waals surface area contributed by atoms with Gasteiger partial charge in [0, 0.05) is 29.3 Å². The summed E-state index contributed by atoms with van der Waals surface area (Å²) in [4.78, 5) is 2.37. The van der Waals surface area contributed by atoms with E-state index in [-0.39, 0.29) is 12.1 Å². The van der Waals surface area contributed by atoms with Crippen LogP contribution in [0.15, 0.2) is 28.7 Å². The van der Waals surface area contributed by atoms with Gasteiger partial charge in [0.05, 0.1) is 6.10 Å². The molecule has 3 rings (SSSR count). The lowest BCUT2D eigenvalue weighted by Gasteiger charge is -2.38. The Labute approximate surface area is 129 Å². The quantitative estimate of drug-likeness (QED) is 0.887. The Bertz CT molecular complexity index is 446. The van der Waals surface area contributed by atoms with Crippen LogP contribution in [0.25, 0.3) is 0 Å². The molecule has 0 bridgehead atoms. The first-order valence-corrected chi connectivity index (χ1v) is 8.35. The molecular weight excluding hydrogens is 316 g/mol. The van der Waals surface area contributed by atoms with E-state index in [1.807, 2.05) is 0 Å². The Balaban J connectivity index is 1.64. The number of benzene rings is 1. The molecule has 3 N–H and O–H groups in total. The van der Waals surface area contributed by atoms with Crippen LogP contribution in [0.3, 0.4) is 0 Å². The largest absolute Gasteiger partial charge is 0.393 e. The first-order chi connectivity index (χ1) is 9.61. The molecule has 2 fully saturated rings. The average Bonchev–Trinajstić information content (AvgIpc) is 3.23. The van der Waals surface area contributed by atoms with E-state index in [0.29, 0.717) is 11.8 Å². The summed E-state index contributed by atoms with van der Waals surface area (Å²) in [6.07, 6.45) is 4.24. The summed E-state index contributed by atoms with van der Waals surface area (Å²) < 4.78 is 1.10. The Kier molecular flexibility index (Phi) is 4.34. The Morgan fingerprint density at radius 1 is 1.25 bits per heavy atom. The van der Waals surface area contributed by atoms with Crippen molar-refractivity contribution in [3.8, 4) is 0 Å². The number of piperidine rings is 1. The molecule has 1 saturated heterocycles. The van der Waals surface area contributed by atoms with Crippen LogP contribution in [0.1, 0.15) is 25.7 Å². The van der Waals surface area contributed by atoms with E-state index >= 15 is 0 Å². The van der Waals surface area contributed by atoms with Crippen molar-refractivity contribution in [2.45, 2.75) is 37.8 Å². The first-order valence-electron chi connectivity index (χ1n) is 7.56. The highest BCUT2D eigenvalue weighted by atomic mass is 79.9. The second-order valence-corrected chi connectivity index (χ2v) is 7.30. The number of halogens is 1. The molecule has 3 atom stereocenters. The minimum Gasteiger partial charge on any atom is -0.393 e. The maximum Gasteiger partial charge on any atom is 0.0571 e. The van der Waals surface area contributed by atoms with Crippen molar-refractivity contribution < 1.29 is 5.11 Å². The first kappa shape index (κ1) is 14.4. The lowest BCUT2D eigenvalue weighted by atomic mass is 9.88. The van der Waals surface area contributed by atoms with Crippen LogP contribution in [0.4, 0.5) is 5.69 Å². The van der Waals surface area contributed by atoms with Crippen molar-refractivity contribution in [3.05, 3.63) is 28.7 Å². The molecule has 4 heteroatoms. The third-order valence-corrected chi connectivity index (χ3v) is 5.03. The molecule has 2 aliphatic rings. The summed E-state index contributed by atoms with van der Waals surface area (Å²) >= 11 is 3.47. The molecule has 1 saturated carbocycles. The molecule has 1 aliphatic heterocycles. The maximum atomic E-state index is 10.2. The van der Waals surface area contributed by atoms with Crippen molar-refractivity contribution in [1.82, 2.24) is 0 Å². The molecule has 3 nitrogen and oxygen atoms in total. The fourth-order valence-electron chi connectivity index (χ4n) is 3.29. The fourth-order valence-corrected chi connectivity index (χ4v) is 3.56. The van der Waals surface area contributed by atoms with Gasteiger partial charge < -0.3 is 15.7 Å². The van der Waals surface area contributed by atoms with Crippen LogP contribution in [-0.4, -0.2) is 30.3 Å². The summed E-state index contributed by atoms with van der Waals surface area (Å²) in [7, 11) is 0. The van der Waals surface area contributed by atoms with Gasteiger partial charge >= 0.3 is 0 Å². The van der Waals surface area contributed by atoms with E-state index in [4.69, 9.17) is 5.73 Å². The number of aliphatic hydroxyl groups is 1. The number of aliphatic hydroxyl groups excluding tert-OH is 1. The third kappa shape index (κ3) is 3.54. The molecule has 1 aromatic rings. The van der Waals surface area contributed by atoms with Gasteiger partial charge in [-0.1, -0.05) is 15.9 Å². The topological polar surface area (TPSA) is 49.5 Å². The van der Waals surface area contributed by atoms with Gasteiger partial charge in [0.25, 0.3) is 0 Å². The molecular formula is C16H23BrN2O. The second-order valence-electron chi connectivity index (χ2n) is 6.38. The maximum absolute atomic E-state index is 10.2. The van der Waals surface area contributed by atoms with E-state index in [1.54, 1.807) is 0 Å². The lowest BCUT2D eigenvalue weighted by Crippen LogP contribution is -2.47. The van der Waals surface area contributed by atoms with Crippen LogP contribution < -0.4 is 10.6 Å². The highest BCUT2D eigenvalue weighted by Gasteiger charge is 2.33. The van der Waals surface area contributed by atoms with E-state index in [0.717, 1.165) is 30.4 Å². The number of hydrogen-bond donors (Lipinski definition) is 2. The molecule has 0 amide bonds. The van der Waals surface area contributed by atoms with Gasteiger partial charge in [-0.05, 0) is 61.8 Å². The van der Waals surface area contributed by atoms with Gasteiger partial charge in [0.1, 0.15) is 0 Å². The van der Waals surface area contributed by atoms with E-state index in [2.05, 4.69) is 45.1 Å². The van der Waals surface area contributed by atoms with Crippen LogP contribution >= 0.6 is 15.9 Å². The standard InChI is InChI=1S/C16H23BrN2O/c17-13-3-5-15(6-4-13)19-9-11(7-14(18)10-19)8-16(20)12-1-2-12/h3-6,11-12,14,16,20H,1-2,7-10,18H2. The second kappa shape index (κ2) is 6.04. The summed E-state index contributed by atoms with van der Waals surface area (Å²) in [5, 5.41) is 10.2. The predicted octanol–water partition coefficient (Wildman–Crippen LogP) is 2.76. The minimum absolute atomic E-state index is 0.114. The highest BCUT2D eigenvalue weighted by Crippen LogP contribution is 2.36. The van der Waals surface area contributed by atoms with Crippen molar-refractivity contribution in [1.29, 1.82) is 0 Å². The number of nitrogens with zero attached hydrogens (tertiary/aromatic N) is 1. The smallest absolute Gasteiger partial charge is 0.0571 e. The lowest BCUT2D eigenvalue weighted by molar-refractivity contribution is 0.114. The zero-order chi connectivity index (χ0) is 14.1. The Morgan fingerprint density at radius 3 is 2.60 bits per heavy atom. The SMILES string of the molecule is NC1CC(CC(O)C2CC2)CN(c2ccc(Br)cc2)C1. The third-order valence-electron chi connectivity index (χ3n) is 4.50. The summed E-state index contributed by atoms with van der Waals surface area (Å²) in [6.45, 7) is 1.93. The number of nitrogens with two attached hydrogens (primary N) is 1. The number of hydrogen-bond acceptors (Lipinski definition) is 3. The Morgan fingerprint density at radius 2 is 1.95 bits per heavy atom. The van der Waals surface area contributed by atoms with E-state index in [9.17, 15) is 5.11 Å². The summed E-state index contributed by atoms with van der Waals surface area (Å²) in [5.41, 5.74) is 7.45. The predicted molar refractivity (Wildman–Crippen MR) is 85.8 cm³/mol. The van der Waals surface area contributed by atoms with E-state index in [1.165, 1.54) is 18.5 Å². The summed E-state index contributed by atoms with van der Waals surface area (Å²) in [6, 6.07) is 8.63. The molecule has 1 aliphatic carbocycles. The zero-order valence-corrected chi connectivity index (χ0v) is 13.3. The van der Waals surface area contributed by atoms with Crippen LogP contribution in [0.2, 0.25) is 0 Å². The molecule has 20 heavy (non-hydrogen) atoms. The average molecular weight is 339 g/mol. The Hall–Kier alpha value is -0.580. The van der Waals surface area contributed by atoms with Gasteiger partial charge in [-0.3, -0.25) is 0 Å². The van der Waals surface area contributed by atoms with Gasteiger partial charge in [-0.2, -0.15) is 0 Å². The molecule has 3 unspecified atom stereocenters. The highest BCUT2D eigenvalue weighted by molar-refractivity contribution is 9.10. The van der Waals surface area contributed by atoms with Crippen molar-refractivity contribution in [3.63, 3.8) is 0 Å². The molecule has 0 aromatic heterocycles. The van der Waals surface area contributed by atoms with Crippen LogP contribution in [-0.2, 0) is 0 Å².